The highest BCUT2D eigenvalue weighted by Gasteiger charge is 2.58. The fraction of sp³-hybridized carbons (Fsp3) is 0.379. The highest BCUT2D eigenvalue weighted by Crippen LogP contribution is 2.57. The number of carbonyl (C=O) groups excluding carboxylic acids is 1. The van der Waals surface area contributed by atoms with Gasteiger partial charge in [-0.25, -0.2) is 33.1 Å². The van der Waals surface area contributed by atoms with Gasteiger partial charge in [0.15, 0.2) is 5.69 Å². The Morgan fingerprint density at radius 3 is 2.49 bits per heavy atom. The number of aromatic nitrogens is 5. The predicted octanol–water partition coefficient (Wildman–Crippen LogP) is 3.10. The molecule has 1 aliphatic heterocycles. The molecular weight excluding hydrogens is 592 g/mol. The Labute approximate surface area is 253 Å². The molecule has 1 saturated carbocycles. The number of hydrogen-bond donors (Lipinski definition) is 2. The minimum atomic E-state index is -3.83. The number of amides is 1. The molecule has 0 radical (unpaired) electrons. The molecule has 12 nitrogen and oxygen atoms in total. The number of pyridine rings is 1. The molecule has 6 rings (SSSR count). The van der Waals surface area contributed by atoms with Crippen LogP contribution in [0.5, 0.6) is 0 Å². The van der Waals surface area contributed by atoms with E-state index in [1.165, 1.54) is 6.07 Å². The van der Waals surface area contributed by atoms with Crippen LogP contribution in [0, 0.1) is 25.7 Å². The van der Waals surface area contributed by atoms with Gasteiger partial charge in [0.1, 0.15) is 11.0 Å². The molecule has 4 heterocycles. The third kappa shape index (κ3) is 5.54. The van der Waals surface area contributed by atoms with Crippen molar-refractivity contribution in [3.05, 3.63) is 80.4 Å². The van der Waals surface area contributed by atoms with Gasteiger partial charge in [-0.3, -0.25) is 14.2 Å². The number of sulfonamides is 1. The van der Waals surface area contributed by atoms with Crippen LogP contribution in [0.15, 0.2) is 41.3 Å². The summed E-state index contributed by atoms with van der Waals surface area (Å²) in [6, 6.07) is 8.31. The Morgan fingerprint density at radius 1 is 1.09 bits per heavy atom. The standard InChI is InChI=1S/C29H31ClN8O4S/c1-14-10-17(16(3)33-21-6-7-22(30)34-25(21)27(39)36-43(5,41)42)24-18(11-14)28(40)37(4)26(35-24)23-19-12-38(13-20(19)23)29-31-9-8-15(2)32-29/h6-11,16,19-20,23,33H,12-13H2,1-5H3,(H,36,39)/t16-,19-,20+,23?/m1/s1. The Bertz CT molecular complexity index is 1950. The fourth-order valence-electron chi connectivity index (χ4n) is 6.11. The number of nitrogens with one attached hydrogen (secondary N) is 2. The Hall–Kier alpha value is -4.10. The lowest BCUT2D eigenvalue weighted by molar-refractivity contribution is 0.0977. The normalized spacial score (nSPS) is 20.1. The molecular formula is C29H31ClN8O4S. The van der Waals surface area contributed by atoms with Crippen LogP contribution in [0.25, 0.3) is 10.9 Å². The lowest BCUT2D eigenvalue weighted by Gasteiger charge is -2.22. The Balaban J connectivity index is 1.33. The number of nitrogens with zero attached hydrogens (tertiary/aromatic N) is 6. The molecule has 1 aliphatic carbocycles. The highest BCUT2D eigenvalue weighted by molar-refractivity contribution is 7.89. The largest absolute Gasteiger partial charge is 0.377 e. The zero-order valence-electron chi connectivity index (χ0n) is 24.3. The quantitative estimate of drug-likeness (QED) is 0.294. The molecule has 43 heavy (non-hydrogen) atoms. The summed E-state index contributed by atoms with van der Waals surface area (Å²) in [7, 11) is -2.05. The summed E-state index contributed by atoms with van der Waals surface area (Å²) in [5, 5.41) is 3.80. The number of carbonyl (C=O) groups is 1. The first kappa shape index (κ1) is 29.0. The van der Waals surface area contributed by atoms with Gasteiger partial charge in [-0.05, 0) is 62.4 Å². The molecule has 0 bridgehead atoms. The molecule has 1 aromatic carbocycles. The van der Waals surface area contributed by atoms with Crippen molar-refractivity contribution in [1.82, 2.24) is 29.2 Å². The van der Waals surface area contributed by atoms with Crippen molar-refractivity contribution in [2.45, 2.75) is 32.7 Å². The summed E-state index contributed by atoms with van der Waals surface area (Å²) < 4.78 is 27.0. The van der Waals surface area contributed by atoms with Gasteiger partial charge in [-0.1, -0.05) is 17.7 Å². The lowest BCUT2D eigenvalue weighted by atomic mass is 10.0. The predicted molar refractivity (Wildman–Crippen MR) is 164 cm³/mol. The molecule has 4 aromatic rings. The van der Waals surface area contributed by atoms with Gasteiger partial charge in [0, 0.05) is 43.5 Å². The number of piperidine rings is 1. The molecule has 1 amide bonds. The van der Waals surface area contributed by atoms with E-state index in [1.807, 2.05) is 43.7 Å². The second-order valence-electron chi connectivity index (χ2n) is 11.4. The van der Waals surface area contributed by atoms with Crippen LogP contribution in [-0.2, 0) is 17.1 Å². The third-order valence-corrected chi connectivity index (χ3v) is 8.91. The van der Waals surface area contributed by atoms with E-state index in [4.69, 9.17) is 16.6 Å². The van der Waals surface area contributed by atoms with Crippen LogP contribution in [0.2, 0.25) is 5.15 Å². The minimum Gasteiger partial charge on any atom is -0.377 e. The van der Waals surface area contributed by atoms with Gasteiger partial charge in [0.05, 0.1) is 28.9 Å². The Morgan fingerprint density at radius 2 is 1.81 bits per heavy atom. The smallest absolute Gasteiger partial charge is 0.285 e. The summed E-state index contributed by atoms with van der Waals surface area (Å²) in [6.45, 7) is 7.33. The van der Waals surface area contributed by atoms with E-state index in [2.05, 4.69) is 25.2 Å². The zero-order chi connectivity index (χ0) is 30.8. The van der Waals surface area contributed by atoms with E-state index in [0.29, 0.717) is 22.7 Å². The molecule has 1 saturated heterocycles. The zero-order valence-corrected chi connectivity index (χ0v) is 25.9. The van der Waals surface area contributed by atoms with E-state index in [9.17, 15) is 18.0 Å². The minimum absolute atomic E-state index is 0.0372. The summed E-state index contributed by atoms with van der Waals surface area (Å²) in [5.41, 5.74) is 3.14. The van der Waals surface area contributed by atoms with Gasteiger partial charge >= 0.3 is 0 Å². The molecule has 4 atom stereocenters. The van der Waals surface area contributed by atoms with Gasteiger partial charge in [-0.15, -0.1) is 0 Å². The van der Waals surface area contributed by atoms with Gasteiger partial charge in [0.2, 0.25) is 16.0 Å². The maximum atomic E-state index is 13.7. The first-order valence-electron chi connectivity index (χ1n) is 13.8. The molecule has 3 aromatic heterocycles. The SMILES string of the molecule is Cc1cc([C@@H](C)Nc2ccc(Cl)nc2C(=O)NS(C)(=O)=O)c2nc(C3[C@H]4CN(c5nccc(C)n5)C[C@@H]34)n(C)c(=O)c2c1. The van der Waals surface area contributed by atoms with Crippen molar-refractivity contribution in [2.24, 2.45) is 18.9 Å². The van der Waals surface area contributed by atoms with Crippen LogP contribution >= 0.6 is 11.6 Å². The molecule has 224 valence electrons. The number of rotatable bonds is 7. The summed E-state index contributed by atoms with van der Waals surface area (Å²) in [5.74, 6) is 1.40. The van der Waals surface area contributed by atoms with Crippen LogP contribution in [-0.4, -0.2) is 58.2 Å². The molecule has 0 spiro atoms. The number of fused-ring (bicyclic) bond motifs is 2. The van der Waals surface area contributed by atoms with Crippen LogP contribution in [0.3, 0.4) is 0 Å². The fourth-order valence-corrected chi connectivity index (χ4v) is 6.69. The van der Waals surface area contributed by atoms with Crippen molar-refractivity contribution < 1.29 is 13.2 Å². The van der Waals surface area contributed by atoms with Crippen LogP contribution < -0.4 is 20.5 Å². The second-order valence-corrected chi connectivity index (χ2v) is 13.6. The van der Waals surface area contributed by atoms with Crippen molar-refractivity contribution >= 4 is 50.1 Å². The Kier molecular flexibility index (Phi) is 7.12. The van der Waals surface area contributed by atoms with E-state index >= 15 is 0 Å². The molecule has 14 heteroatoms. The van der Waals surface area contributed by atoms with Gasteiger partial charge in [-0.2, -0.15) is 0 Å². The average molecular weight is 623 g/mol. The van der Waals surface area contributed by atoms with Crippen LogP contribution in [0.4, 0.5) is 11.6 Å². The highest BCUT2D eigenvalue weighted by atomic mass is 35.5. The van der Waals surface area contributed by atoms with Crippen LogP contribution in [0.1, 0.15) is 52.0 Å². The first-order chi connectivity index (χ1) is 20.3. The van der Waals surface area contributed by atoms with E-state index in [1.54, 1.807) is 23.9 Å². The summed E-state index contributed by atoms with van der Waals surface area (Å²) in [6.07, 6.45) is 2.66. The monoisotopic (exact) mass is 622 g/mol. The first-order valence-corrected chi connectivity index (χ1v) is 16.1. The summed E-state index contributed by atoms with van der Waals surface area (Å²) in [4.78, 5) is 46.7. The third-order valence-electron chi connectivity index (χ3n) is 8.14. The number of anilines is 2. The number of aryl methyl sites for hydroxylation is 2. The van der Waals surface area contributed by atoms with Gasteiger partial charge in [0.25, 0.3) is 11.5 Å². The molecule has 1 unspecified atom stereocenters. The van der Waals surface area contributed by atoms with E-state index in [0.717, 1.165) is 47.9 Å². The van der Waals surface area contributed by atoms with Gasteiger partial charge < -0.3 is 10.2 Å². The summed E-state index contributed by atoms with van der Waals surface area (Å²) >= 11 is 6.04. The van der Waals surface area contributed by atoms with Crippen molar-refractivity contribution in [1.29, 1.82) is 0 Å². The van der Waals surface area contributed by atoms with E-state index in [-0.39, 0.29) is 28.0 Å². The number of hydrogen-bond acceptors (Lipinski definition) is 10. The topological polar surface area (TPSA) is 152 Å². The van der Waals surface area contributed by atoms with Crippen molar-refractivity contribution in [3.8, 4) is 0 Å². The maximum absolute atomic E-state index is 13.7. The molecule has 2 aliphatic rings. The number of halogens is 1. The number of benzene rings is 1. The molecule has 2 fully saturated rings. The molecule has 2 N–H and O–H groups in total. The van der Waals surface area contributed by atoms with E-state index < -0.39 is 22.0 Å². The maximum Gasteiger partial charge on any atom is 0.285 e. The lowest BCUT2D eigenvalue weighted by Crippen LogP contribution is -2.31. The van der Waals surface area contributed by atoms with Crippen molar-refractivity contribution in [3.63, 3.8) is 0 Å². The second kappa shape index (κ2) is 10.6. The average Bonchev–Trinajstić information content (AvgIpc) is 3.41. The van der Waals surface area contributed by atoms with Crippen molar-refractivity contribution in [2.75, 3.05) is 29.6 Å².